The number of hydrogen-bond donors (Lipinski definition) is 1. The molecule has 8 heteroatoms. The Labute approximate surface area is 141 Å². The van der Waals surface area contributed by atoms with Crippen molar-refractivity contribution in [1.29, 1.82) is 0 Å². The number of aromatic nitrogens is 1. The summed E-state index contributed by atoms with van der Waals surface area (Å²) in [7, 11) is 0. The zero-order chi connectivity index (χ0) is 17.7. The first-order valence-electron chi connectivity index (χ1n) is 8.11. The van der Waals surface area contributed by atoms with Crippen molar-refractivity contribution in [2.45, 2.75) is 51.7 Å². The second-order valence-electron chi connectivity index (χ2n) is 6.83. The topological polar surface area (TPSA) is 97.6 Å². The number of amides is 1. The van der Waals surface area contributed by atoms with E-state index in [0.717, 1.165) is 19.3 Å². The minimum atomic E-state index is -0.549. The van der Waals surface area contributed by atoms with Gasteiger partial charge in [-0.05, 0) is 46.1 Å². The minimum Gasteiger partial charge on any atom is -0.444 e. The number of pyridine rings is 1. The molecule has 0 radical (unpaired) electrons. The molecule has 0 spiro atoms. The first kappa shape index (κ1) is 18.0. The second-order valence-corrected chi connectivity index (χ2v) is 6.83. The molecule has 1 aliphatic rings. The monoisotopic (exact) mass is 336 g/mol. The van der Waals surface area contributed by atoms with Crippen LogP contribution in [0, 0.1) is 10.1 Å². The summed E-state index contributed by atoms with van der Waals surface area (Å²) in [6.07, 6.45) is 3.92. The molecule has 1 amide bonds. The summed E-state index contributed by atoms with van der Waals surface area (Å²) in [5, 5.41) is 14.1. The molecule has 1 fully saturated rings. The van der Waals surface area contributed by atoms with Crippen LogP contribution in [-0.2, 0) is 4.74 Å². The maximum atomic E-state index is 12.4. The molecule has 132 valence electrons. The van der Waals surface area contributed by atoms with Crippen molar-refractivity contribution in [2.24, 2.45) is 0 Å². The molecule has 1 saturated heterocycles. The Kier molecular flexibility index (Phi) is 5.58. The summed E-state index contributed by atoms with van der Waals surface area (Å²) < 4.78 is 5.46. The molecule has 1 atom stereocenters. The van der Waals surface area contributed by atoms with Crippen molar-refractivity contribution < 1.29 is 14.5 Å². The van der Waals surface area contributed by atoms with Crippen LogP contribution in [0.3, 0.4) is 0 Å². The molecular weight excluding hydrogens is 312 g/mol. The number of carbonyl (C=O) groups excluding carboxylic acids is 1. The van der Waals surface area contributed by atoms with E-state index in [4.69, 9.17) is 4.74 Å². The van der Waals surface area contributed by atoms with Gasteiger partial charge in [-0.3, -0.25) is 10.1 Å². The standard InChI is InChI=1S/C16H24N4O4/c1-16(2,3)24-15(21)19-10-5-4-7-12(19)11-18-14-13(20(22)23)8-6-9-17-14/h6,8-9,12H,4-5,7,10-11H2,1-3H3,(H,17,18). The SMILES string of the molecule is CC(C)(C)OC(=O)N1CCCCC1CNc1ncccc1[N+](=O)[O-]. The molecule has 1 unspecified atom stereocenters. The Hall–Kier alpha value is -2.38. The molecule has 0 saturated carbocycles. The molecule has 1 aliphatic heterocycles. The van der Waals surface area contributed by atoms with Gasteiger partial charge < -0.3 is 15.0 Å². The van der Waals surface area contributed by atoms with Crippen LogP contribution in [0.15, 0.2) is 18.3 Å². The van der Waals surface area contributed by atoms with Crippen LogP contribution in [0.4, 0.5) is 16.3 Å². The first-order chi connectivity index (χ1) is 11.3. The van der Waals surface area contributed by atoms with E-state index in [1.807, 2.05) is 20.8 Å². The third-order valence-electron chi connectivity index (χ3n) is 3.74. The van der Waals surface area contributed by atoms with Crippen molar-refractivity contribution in [2.75, 3.05) is 18.4 Å². The highest BCUT2D eigenvalue weighted by Crippen LogP contribution is 2.23. The number of carbonyl (C=O) groups is 1. The van der Waals surface area contributed by atoms with Crippen molar-refractivity contribution in [3.8, 4) is 0 Å². The Balaban J connectivity index is 2.04. The lowest BCUT2D eigenvalue weighted by Gasteiger charge is -2.36. The zero-order valence-electron chi connectivity index (χ0n) is 14.3. The molecule has 1 aromatic rings. The molecule has 0 bridgehead atoms. The predicted molar refractivity (Wildman–Crippen MR) is 90.0 cm³/mol. The van der Waals surface area contributed by atoms with E-state index in [0.29, 0.717) is 13.1 Å². The molecule has 2 rings (SSSR count). The van der Waals surface area contributed by atoms with Gasteiger partial charge in [-0.2, -0.15) is 0 Å². The summed E-state index contributed by atoms with van der Waals surface area (Å²) in [5.74, 6) is 0.220. The van der Waals surface area contributed by atoms with E-state index in [1.54, 1.807) is 4.90 Å². The third kappa shape index (κ3) is 4.81. The molecular formula is C16H24N4O4. The number of anilines is 1. The molecule has 1 aromatic heterocycles. The van der Waals surface area contributed by atoms with Crippen LogP contribution in [0.5, 0.6) is 0 Å². The number of likely N-dealkylation sites (tertiary alicyclic amines) is 1. The summed E-state index contributed by atoms with van der Waals surface area (Å²) in [6.45, 7) is 6.53. The normalized spacial score (nSPS) is 18.1. The van der Waals surface area contributed by atoms with E-state index in [-0.39, 0.29) is 23.6 Å². The van der Waals surface area contributed by atoms with Crippen LogP contribution >= 0.6 is 0 Å². The summed E-state index contributed by atoms with van der Waals surface area (Å²) in [5.41, 5.74) is -0.621. The highest BCUT2D eigenvalue weighted by molar-refractivity contribution is 5.69. The number of nitrogens with one attached hydrogen (secondary N) is 1. The third-order valence-corrected chi connectivity index (χ3v) is 3.74. The molecule has 0 aliphatic carbocycles. The number of nitrogens with zero attached hydrogens (tertiary/aromatic N) is 3. The van der Waals surface area contributed by atoms with Crippen LogP contribution < -0.4 is 5.32 Å². The van der Waals surface area contributed by atoms with Gasteiger partial charge in [0.2, 0.25) is 5.82 Å². The fraction of sp³-hybridized carbons (Fsp3) is 0.625. The van der Waals surface area contributed by atoms with Gasteiger partial charge in [0.25, 0.3) is 0 Å². The number of rotatable bonds is 4. The van der Waals surface area contributed by atoms with Gasteiger partial charge >= 0.3 is 11.8 Å². The fourth-order valence-electron chi connectivity index (χ4n) is 2.67. The molecule has 2 heterocycles. The average molecular weight is 336 g/mol. The van der Waals surface area contributed by atoms with Gasteiger partial charge in [-0.15, -0.1) is 0 Å². The Morgan fingerprint density at radius 1 is 1.50 bits per heavy atom. The van der Waals surface area contributed by atoms with E-state index in [9.17, 15) is 14.9 Å². The minimum absolute atomic E-state index is 0.0721. The molecule has 8 nitrogen and oxygen atoms in total. The largest absolute Gasteiger partial charge is 0.444 e. The number of piperidine rings is 1. The van der Waals surface area contributed by atoms with Gasteiger partial charge in [0, 0.05) is 25.4 Å². The van der Waals surface area contributed by atoms with Crippen molar-refractivity contribution >= 4 is 17.6 Å². The smallest absolute Gasteiger partial charge is 0.410 e. The quantitative estimate of drug-likeness (QED) is 0.670. The van der Waals surface area contributed by atoms with Crippen molar-refractivity contribution in [3.05, 3.63) is 28.4 Å². The Morgan fingerprint density at radius 2 is 2.25 bits per heavy atom. The van der Waals surface area contributed by atoms with E-state index < -0.39 is 10.5 Å². The predicted octanol–water partition coefficient (Wildman–Crippen LogP) is 3.19. The van der Waals surface area contributed by atoms with Crippen LogP contribution in [0.2, 0.25) is 0 Å². The maximum absolute atomic E-state index is 12.4. The number of ether oxygens (including phenoxy) is 1. The zero-order valence-corrected chi connectivity index (χ0v) is 14.3. The molecule has 1 N–H and O–H groups in total. The number of hydrogen-bond acceptors (Lipinski definition) is 6. The second kappa shape index (κ2) is 7.46. The van der Waals surface area contributed by atoms with Crippen LogP contribution in [0.1, 0.15) is 40.0 Å². The van der Waals surface area contributed by atoms with E-state index in [2.05, 4.69) is 10.3 Å². The molecule has 24 heavy (non-hydrogen) atoms. The average Bonchev–Trinajstić information content (AvgIpc) is 2.51. The highest BCUT2D eigenvalue weighted by Gasteiger charge is 2.30. The molecule has 0 aromatic carbocycles. The fourth-order valence-corrected chi connectivity index (χ4v) is 2.67. The van der Waals surface area contributed by atoms with Gasteiger partial charge in [-0.25, -0.2) is 9.78 Å². The van der Waals surface area contributed by atoms with E-state index in [1.165, 1.54) is 18.3 Å². The van der Waals surface area contributed by atoms with E-state index >= 15 is 0 Å². The highest BCUT2D eigenvalue weighted by atomic mass is 16.6. The Morgan fingerprint density at radius 3 is 2.92 bits per heavy atom. The lowest BCUT2D eigenvalue weighted by molar-refractivity contribution is -0.384. The summed E-state index contributed by atoms with van der Waals surface area (Å²) >= 11 is 0. The van der Waals surface area contributed by atoms with Crippen LogP contribution in [0.25, 0.3) is 0 Å². The van der Waals surface area contributed by atoms with Crippen molar-refractivity contribution in [1.82, 2.24) is 9.88 Å². The van der Waals surface area contributed by atoms with Crippen LogP contribution in [-0.4, -0.2) is 45.6 Å². The first-order valence-corrected chi connectivity index (χ1v) is 8.11. The maximum Gasteiger partial charge on any atom is 0.410 e. The van der Waals surface area contributed by atoms with Gasteiger partial charge in [-0.1, -0.05) is 0 Å². The Bertz CT molecular complexity index is 600. The van der Waals surface area contributed by atoms with Gasteiger partial charge in [0.05, 0.1) is 11.0 Å². The number of nitro groups is 1. The van der Waals surface area contributed by atoms with Gasteiger partial charge in [0.1, 0.15) is 5.60 Å². The lowest BCUT2D eigenvalue weighted by Crippen LogP contribution is -2.49. The summed E-state index contributed by atoms with van der Waals surface area (Å²) in [6, 6.07) is 2.86. The van der Waals surface area contributed by atoms with Crippen molar-refractivity contribution in [3.63, 3.8) is 0 Å². The summed E-state index contributed by atoms with van der Waals surface area (Å²) in [4.78, 5) is 28.7. The lowest BCUT2D eigenvalue weighted by atomic mass is 10.0. The van der Waals surface area contributed by atoms with Gasteiger partial charge in [0.15, 0.2) is 0 Å².